The van der Waals surface area contributed by atoms with Gasteiger partial charge < -0.3 is 24.2 Å². The fourth-order valence-corrected chi connectivity index (χ4v) is 8.81. The zero-order valence-electron chi connectivity index (χ0n) is 29.4. The topological polar surface area (TPSA) is 100 Å². The van der Waals surface area contributed by atoms with Crippen LogP contribution in [0.5, 0.6) is 17.4 Å². The number of pyridine rings is 1. The number of alkyl halides is 2. The van der Waals surface area contributed by atoms with Crippen molar-refractivity contribution in [3.8, 4) is 17.4 Å². The molecule has 0 N–H and O–H groups in total. The molecule has 2 aromatic heterocycles. The summed E-state index contributed by atoms with van der Waals surface area (Å²) in [7, 11) is 2.20. The van der Waals surface area contributed by atoms with E-state index >= 15 is 0 Å². The SMILES string of the molecule is CC(C)N(C(=O)c1cc(F)ccc1Oc1nncnc1N1CC2(CC(Oc3ccnc4c3CN(C[C@@H]3CCN(C)C3)CC4)C2)C1)C1CC(F)(F)C1. The van der Waals surface area contributed by atoms with Crippen molar-refractivity contribution in [2.45, 2.75) is 83.0 Å². The van der Waals surface area contributed by atoms with Crippen LogP contribution in [0.25, 0.3) is 0 Å². The smallest absolute Gasteiger partial charge is 0.282 e. The minimum absolute atomic E-state index is 0.0591. The largest absolute Gasteiger partial charge is 0.490 e. The van der Waals surface area contributed by atoms with Gasteiger partial charge in [0.15, 0.2) is 5.82 Å². The summed E-state index contributed by atoms with van der Waals surface area (Å²) in [6, 6.07) is 4.60. The van der Waals surface area contributed by atoms with Crippen LogP contribution in [0.15, 0.2) is 36.8 Å². The zero-order chi connectivity index (χ0) is 35.5. The van der Waals surface area contributed by atoms with Crippen molar-refractivity contribution in [3.05, 3.63) is 59.4 Å². The molecule has 8 rings (SSSR count). The molecule has 0 unspecified atom stereocenters. The molecule has 0 radical (unpaired) electrons. The molecule has 11 nitrogen and oxygen atoms in total. The first kappa shape index (κ1) is 34.1. The Bertz CT molecular complexity index is 1770. The van der Waals surface area contributed by atoms with E-state index < -0.39 is 36.5 Å². The van der Waals surface area contributed by atoms with E-state index in [9.17, 15) is 18.0 Å². The van der Waals surface area contributed by atoms with Gasteiger partial charge in [-0.25, -0.2) is 18.2 Å². The Kier molecular flexibility index (Phi) is 8.80. The number of nitrogens with zero attached hydrogens (tertiary/aromatic N) is 8. The molecule has 0 bridgehead atoms. The van der Waals surface area contributed by atoms with Gasteiger partial charge in [0.2, 0.25) is 0 Å². The number of ether oxygens (including phenoxy) is 2. The average molecular weight is 707 g/mol. The molecule has 3 aliphatic heterocycles. The van der Waals surface area contributed by atoms with Crippen LogP contribution < -0.4 is 14.4 Å². The lowest BCUT2D eigenvalue weighted by atomic mass is 9.61. The van der Waals surface area contributed by atoms with Crippen molar-refractivity contribution >= 4 is 11.7 Å². The Hall–Kier alpha value is -4.04. The first-order chi connectivity index (χ1) is 24.4. The van der Waals surface area contributed by atoms with Gasteiger partial charge in [0.25, 0.3) is 17.7 Å². The molecule has 2 aliphatic carbocycles. The van der Waals surface area contributed by atoms with Crippen molar-refractivity contribution in [1.82, 2.24) is 34.9 Å². The summed E-state index contributed by atoms with van der Waals surface area (Å²) < 4.78 is 54.7. The second-order valence-electron chi connectivity index (χ2n) is 15.7. The highest BCUT2D eigenvalue weighted by Gasteiger charge is 2.55. The molecule has 5 heterocycles. The van der Waals surface area contributed by atoms with Crippen LogP contribution in [0, 0.1) is 17.2 Å². The fraction of sp³-hybridized carbons (Fsp3) is 0.595. The van der Waals surface area contributed by atoms with Crippen LogP contribution in [0.1, 0.15) is 67.6 Å². The third-order valence-corrected chi connectivity index (χ3v) is 11.3. The van der Waals surface area contributed by atoms with E-state index in [2.05, 4.69) is 41.9 Å². The van der Waals surface area contributed by atoms with Gasteiger partial charge >= 0.3 is 0 Å². The van der Waals surface area contributed by atoms with E-state index in [0.717, 1.165) is 76.0 Å². The number of carbonyl (C=O) groups excluding carboxylic acids is 1. The Morgan fingerprint density at radius 2 is 1.88 bits per heavy atom. The quantitative estimate of drug-likeness (QED) is 0.280. The predicted molar refractivity (Wildman–Crippen MR) is 183 cm³/mol. The van der Waals surface area contributed by atoms with Crippen molar-refractivity contribution in [1.29, 1.82) is 0 Å². The molecule has 1 aromatic carbocycles. The Balaban J connectivity index is 0.905. The molecule has 14 heteroatoms. The van der Waals surface area contributed by atoms with Gasteiger partial charge in [-0.15, -0.1) is 10.2 Å². The Morgan fingerprint density at radius 1 is 1.08 bits per heavy atom. The van der Waals surface area contributed by atoms with Crippen molar-refractivity contribution < 1.29 is 27.4 Å². The summed E-state index contributed by atoms with van der Waals surface area (Å²) in [4.78, 5) is 31.3. The number of benzene rings is 1. The summed E-state index contributed by atoms with van der Waals surface area (Å²) in [5.41, 5.74) is 2.38. The molecular formula is C37H45F3N8O3. The van der Waals surface area contributed by atoms with Gasteiger partial charge in [-0.1, -0.05) is 0 Å². The maximum atomic E-state index is 14.5. The molecule has 2 saturated heterocycles. The second kappa shape index (κ2) is 13.2. The lowest BCUT2D eigenvalue weighted by Crippen LogP contribution is -2.65. The maximum absolute atomic E-state index is 14.5. The van der Waals surface area contributed by atoms with E-state index in [4.69, 9.17) is 9.47 Å². The van der Waals surface area contributed by atoms with Crippen LogP contribution in [-0.2, 0) is 13.0 Å². The number of aromatic nitrogens is 4. The lowest BCUT2D eigenvalue weighted by Gasteiger charge is -2.58. The maximum Gasteiger partial charge on any atom is 0.282 e. The molecule has 5 aliphatic rings. The summed E-state index contributed by atoms with van der Waals surface area (Å²) in [6.07, 6.45) is 6.50. The monoisotopic (exact) mass is 706 g/mol. The lowest BCUT2D eigenvalue weighted by molar-refractivity contribution is -0.120. The third-order valence-electron chi connectivity index (χ3n) is 11.3. The zero-order valence-corrected chi connectivity index (χ0v) is 29.4. The molecule has 3 aromatic rings. The highest BCUT2D eigenvalue weighted by atomic mass is 19.3. The van der Waals surface area contributed by atoms with Crippen molar-refractivity contribution in [2.24, 2.45) is 11.3 Å². The number of rotatable bonds is 10. The van der Waals surface area contributed by atoms with Crippen LogP contribution in [0.2, 0.25) is 0 Å². The predicted octanol–water partition coefficient (Wildman–Crippen LogP) is 5.20. The molecule has 1 atom stereocenters. The minimum atomic E-state index is -2.81. The molecule has 4 fully saturated rings. The summed E-state index contributed by atoms with van der Waals surface area (Å²) in [5, 5.41) is 8.08. The first-order valence-electron chi connectivity index (χ1n) is 18.1. The minimum Gasteiger partial charge on any atom is -0.490 e. The van der Waals surface area contributed by atoms with Gasteiger partial charge in [0.05, 0.1) is 5.56 Å². The van der Waals surface area contributed by atoms with E-state index in [-0.39, 0.29) is 34.8 Å². The molecule has 272 valence electrons. The second-order valence-corrected chi connectivity index (χ2v) is 15.7. The number of halogens is 3. The number of hydrogen-bond acceptors (Lipinski definition) is 10. The number of likely N-dealkylation sites (tertiary alicyclic amines) is 1. The third kappa shape index (κ3) is 6.84. The summed E-state index contributed by atoms with van der Waals surface area (Å²) in [6.45, 7) is 10.3. The molecule has 51 heavy (non-hydrogen) atoms. The van der Waals surface area contributed by atoms with Crippen LogP contribution in [0.4, 0.5) is 19.0 Å². The van der Waals surface area contributed by atoms with E-state index in [1.807, 2.05) is 12.3 Å². The standard InChI is InChI=1S/C37H45F3N8O3/c1-23(2)48(26-13-37(39,40)14-26)35(49)28-12-25(38)4-5-31(28)51-34-33(42-22-43-44-34)47-20-36(21-47)15-27(16-36)50-32-6-9-41-30-8-11-46(19-29(30)32)18-24-7-10-45(3)17-24/h4-6,9,12,22-24,26-27H,7-8,10-11,13-21H2,1-3H3/t24-/m1/s1. The van der Waals surface area contributed by atoms with E-state index in [1.54, 1.807) is 13.8 Å². The van der Waals surface area contributed by atoms with Crippen LogP contribution in [0.3, 0.4) is 0 Å². The molecule has 2 saturated carbocycles. The Morgan fingerprint density at radius 3 is 2.61 bits per heavy atom. The van der Waals surface area contributed by atoms with Gasteiger partial charge in [-0.05, 0) is 76.9 Å². The molecular weight excluding hydrogens is 661 g/mol. The summed E-state index contributed by atoms with van der Waals surface area (Å²) >= 11 is 0. The average Bonchev–Trinajstić information content (AvgIpc) is 3.46. The van der Waals surface area contributed by atoms with Crippen LogP contribution >= 0.6 is 0 Å². The van der Waals surface area contributed by atoms with E-state index in [0.29, 0.717) is 11.7 Å². The van der Waals surface area contributed by atoms with E-state index in [1.165, 1.54) is 41.9 Å². The van der Waals surface area contributed by atoms with Crippen molar-refractivity contribution in [3.63, 3.8) is 0 Å². The molecule has 1 spiro atoms. The van der Waals surface area contributed by atoms with Gasteiger partial charge in [0.1, 0.15) is 29.7 Å². The Labute approximate surface area is 296 Å². The highest BCUT2D eigenvalue weighted by Crippen LogP contribution is 2.52. The highest BCUT2D eigenvalue weighted by molar-refractivity contribution is 5.97. The van der Waals surface area contributed by atoms with Crippen molar-refractivity contribution in [2.75, 3.05) is 51.2 Å². The fourth-order valence-electron chi connectivity index (χ4n) is 8.81. The number of fused-ring (bicyclic) bond motifs is 1. The number of amides is 1. The number of carbonyl (C=O) groups is 1. The number of hydrogen-bond donors (Lipinski definition) is 0. The van der Waals surface area contributed by atoms with Gasteiger partial charge in [0, 0.05) is 93.5 Å². The summed E-state index contributed by atoms with van der Waals surface area (Å²) in [5.74, 6) is -1.75. The number of anilines is 1. The normalized spacial score (nSPS) is 23.0. The van der Waals surface area contributed by atoms with Gasteiger partial charge in [-0.3, -0.25) is 14.7 Å². The first-order valence-corrected chi connectivity index (χ1v) is 18.1. The molecule has 1 amide bonds. The van der Waals surface area contributed by atoms with Gasteiger partial charge in [-0.2, -0.15) is 0 Å². The van der Waals surface area contributed by atoms with Crippen LogP contribution in [-0.4, -0.2) is 111 Å².